The Kier molecular flexibility index (Phi) is 8.09. The van der Waals surface area contributed by atoms with Gasteiger partial charge in [0.05, 0.1) is 42.4 Å². The van der Waals surface area contributed by atoms with Crippen molar-refractivity contribution in [3.05, 3.63) is 61.1 Å². The van der Waals surface area contributed by atoms with E-state index >= 15 is 0 Å². The molecule has 2 aromatic heterocycles. The van der Waals surface area contributed by atoms with E-state index in [2.05, 4.69) is 15.8 Å². The van der Waals surface area contributed by atoms with E-state index in [0.29, 0.717) is 31.8 Å². The van der Waals surface area contributed by atoms with Gasteiger partial charge in [-0.1, -0.05) is 29.3 Å². The van der Waals surface area contributed by atoms with E-state index in [1.54, 1.807) is 30.5 Å². The summed E-state index contributed by atoms with van der Waals surface area (Å²) >= 11 is 14.2. The van der Waals surface area contributed by atoms with E-state index in [1.165, 1.54) is 23.5 Å². The number of hydrogen-bond donors (Lipinski definition) is 4. The Balaban J connectivity index is 1.67. The van der Waals surface area contributed by atoms with E-state index < -0.39 is 17.8 Å². The molecule has 2 amide bonds. The average molecular weight is 526 g/mol. The Hall–Kier alpha value is -2.92. The Labute approximate surface area is 206 Å². The van der Waals surface area contributed by atoms with E-state index in [4.69, 9.17) is 28.3 Å². The molecule has 0 aliphatic carbocycles. The van der Waals surface area contributed by atoms with Crippen LogP contribution >= 0.6 is 45.9 Å². The topological polar surface area (TPSA) is 128 Å². The second-order valence-electron chi connectivity index (χ2n) is 6.66. The van der Waals surface area contributed by atoms with Gasteiger partial charge in [-0.05, 0) is 36.8 Å². The molecule has 1 aromatic carbocycles. The first-order chi connectivity index (χ1) is 15.7. The molecule has 0 bridgehead atoms. The highest BCUT2D eigenvalue weighted by atomic mass is 35.5. The van der Waals surface area contributed by atoms with Crippen LogP contribution < -0.4 is 10.7 Å². The van der Waals surface area contributed by atoms with E-state index in [-0.39, 0.29) is 28.5 Å². The van der Waals surface area contributed by atoms with Crippen molar-refractivity contribution >= 4 is 69.4 Å². The molecule has 0 atom stereocenters. The molecule has 12 heteroatoms. The summed E-state index contributed by atoms with van der Waals surface area (Å²) in [5, 5.41) is 28.3. The van der Waals surface area contributed by atoms with E-state index in [0.717, 1.165) is 11.3 Å². The molecule has 0 spiro atoms. The molecule has 4 N–H and O–H groups in total. The average Bonchev–Trinajstić information content (AvgIpc) is 3.41. The molecule has 3 aromatic rings. The van der Waals surface area contributed by atoms with Gasteiger partial charge in [0, 0.05) is 11.9 Å². The van der Waals surface area contributed by atoms with Gasteiger partial charge in [-0.2, -0.15) is 5.10 Å². The summed E-state index contributed by atoms with van der Waals surface area (Å²) in [5.41, 5.74) is 3.93. The normalized spacial score (nSPS) is 11.3. The predicted octanol–water partition coefficient (Wildman–Crippen LogP) is 4.85. The summed E-state index contributed by atoms with van der Waals surface area (Å²) in [6, 6.07) is 7.98. The molecule has 8 nitrogen and oxygen atoms in total. The van der Waals surface area contributed by atoms with Crippen LogP contribution in [0.4, 0.5) is 0 Å². The minimum absolute atomic E-state index is 0.00494. The number of benzene rings is 1. The fraction of sp³-hybridized carbons (Fsp3) is 0.143. The van der Waals surface area contributed by atoms with Gasteiger partial charge in [0.1, 0.15) is 5.75 Å². The van der Waals surface area contributed by atoms with Gasteiger partial charge in [0.25, 0.3) is 11.8 Å². The third kappa shape index (κ3) is 6.11. The number of nitrogens with zero attached hydrogens (tertiary/aromatic N) is 1. The fourth-order valence-corrected chi connectivity index (χ4v) is 4.77. The summed E-state index contributed by atoms with van der Waals surface area (Å²) in [5.74, 6) is -2.00. The van der Waals surface area contributed by atoms with Crippen LogP contribution in [0.25, 0.3) is 10.4 Å². The highest BCUT2D eigenvalue weighted by molar-refractivity contribution is 7.16. The van der Waals surface area contributed by atoms with Crippen molar-refractivity contribution in [2.45, 2.75) is 13.3 Å². The summed E-state index contributed by atoms with van der Waals surface area (Å²) in [4.78, 5) is 36.0. The monoisotopic (exact) mass is 525 g/mol. The first-order valence-electron chi connectivity index (χ1n) is 9.38. The standard InChI is InChI=1S/C21H17Cl2N3O5S2/c1-10(12-9-32-19(18(12)29)11-2-3-13(22)14(23)8-11)25-26-21(31)16-5-4-15(33-16)20(30)24-7-6-17(27)28/h2-5,8-9,29H,6-7H2,1H3,(H,24,30)(H,26,31)(H,27,28). The second kappa shape index (κ2) is 10.8. The molecule has 2 heterocycles. The number of hydrazone groups is 1. The fourth-order valence-electron chi connectivity index (χ4n) is 2.65. The van der Waals surface area contributed by atoms with Crippen LogP contribution in [-0.2, 0) is 4.79 Å². The summed E-state index contributed by atoms with van der Waals surface area (Å²) in [6.07, 6.45) is -0.194. The predicted molar refractivity (Wildman–Crippen MR) is 130 cm³/mol. The molecule has 0 radical (unpaired) electrons. The molecule has 0 saturated carbocycles. The van der Waals surface area contributed by atoms with Crippen molar-refractivity contribution in [3.63, 3.8) is 0 Å². The van der Waals surface area contributed by atoms with Crippen LogP contribution in [0.1, 0.15) is 38.3 Å². The third-order valence-corrected chi connectivity index (χ3v) is 7.18. The first-order valence-corrected chi connectivity index (χ1v) is 11.8. The maximum atomic E-state index is 12.4. The highest BCUT2D eigenvalue weighted by Crippen LogP contribution is 2.40. The van der Waals surface area contributed by atoms with Gasteiger partial charge in [-0.3, -0.25) is 14.4 Å². The zero-order valence-corrected chi connectivity index (χ0v) is 20.2. The minimum Gasteiger partial charge on any atom is -0.506 e. The van der Waals surface area contributed by atoms with Crippen molar-refractivity contribution in [3.8, 4) is 16.2 Å². The van der Waals surface area contributed by atoms with Crippen molar-refractivity contribution in [1.82, 2.24) is 10.7 Å². The number of carbonyl (C=O) groups is 3. The Morgan fingerprint density at radius 2 is 1.76 bits per heavy atom. The first kappa shape index (κ1) is 24.7. The number of hydrogen-bond acceptors (Lipinski definition) is 7. The molecular weight excluding hydrogens is 509 g/mol. The van der Waals surface area contributed by atoms with Crippen LogP contribution in [0.5, 0.6) is 5.75 Å². The summed E-state index contributed by atoms with van der Waals surface area (Å²) in [7, 11) is 0. The highest BCUT2D eigenvalue weighted by Gasteiger charge is 2.17. The second-order valence-corrected chi connectivity index (χ2v) is 9.44. The van der Waals surface area contributed by atoms with Gasteiger partial charge in [0.15, 0.2) is 0 Å². The molecule has 0 fully saturated rings. The molecule has 0 aliphatic rings. The zero-order valence-electron chi connectivity index (χ0n) is 17.0. The Morgan fingerprint density at radius 3 is 2.42 bits per heavy atom. The smallest absolute Gasteiger partial charge is 0.305 e. The van der Waals surface area contributed by atoms with Crippen molar-refractivity contribution in [2.24, 2.45) is 5.10 Å². The SMILES string of the molecule is CC(=NNC(=O)c1ccc(C(=O)NCCC(=O)O)s1)c1csc(-c2ccc(Cl)c(Cl)c2)c1O. The molecular formula is C21H17Cl2N3O5S2. The minimum atomic E-state index is -1.02. The van der Waals surface area contributed by atoms with Crippen LogP contribution in [0.15, 0.2) is 40.8 Å². The van der Waals surface area contributed by atoms with E-state index in [9.17, 15) is 19.5 Å². The number of thiophene rings is 2. The van der Waals surface area contributed by atoms with Gasteiger partial charge in [-0.25, -0.2) is 5.43 Å². The van der Waals surface area contributed by atoms with Crippen LogP contribution in [-0.4, -0.2) is 40.3 Å². The molecule has 0 saturated heterocycles. The number of carbonyl (C=O) groups excluding carboxylic acids is 2. The van der Waals surface area contributed by atoms with Crippen molar-refractivity contribution in [1.29, 1.82) is 0 Å². The van der Waals surface area contributed by atoms with Crippen LogP contribution in [0.2, 0.25) is 10.0 Å². The number of amides is 2. The lowest BCUT2D eigenvalue weighted by atomic mass is 10.1. The maximum absolute atomic E-state index is 12.4. The largest absolute Gasteiger partial charge is 0.506 e. The number of halogens is 2. The lowest BCUT2D eigenvalue weighted by molar-refractivity contribution is -0.136. The number of nitrogens with one attached hydrogen (secondary N) is 2. The van der Waals surface area contributed by atoms with Gasteiger partial charge >= 0.3 is 5.97 Å². The van der Waals surface area contributed by atoms with Gasteiger partial charge in [-0.15, -0.1) is 22.7 Å². The van der Waals surface area contributed by atoms with Crippen molar-refractivity contribution < 1.29 is 24.6 Å². The molecule has 0 unspecified atom stereocenters. The lowest BCUT2D eigenvalue weighted by Crippen LogP contribution is -2.25. The van der Waals surface area contributed by atoms with Crippen molar-refractivity contribution in [2.75, 3.05) is 6.54 Å². The number of rotatable bonds is 8. The lowest BCUT2D eigenvalue weighted by Gasteiger charge is -2.04. The molecule has 0 aliphatic heterocycles. The molecule has 3 rings (SSSR count). The summed E-state index contributed by atoms with van der Waals surface area (Å²) < 4.78 is 0. The Bertz CT molecular complexity index is 1250. The summed E-state index contributed by atoms with van der Waals surface area (Å²) in [6.45, 7) is 1.63. The Morgan fingerprint density at radius 1 is 1.06 bits per heavy atom. The quantitative estimate of drug-likeness (QED) is 0.247. The van der Waals surface area contributed by atoms with Gasteiger partial charge in [0.2, 0.25) is 0 Å². The number of aromatic hydroxyl groups is 1. The number of carboxylic acid groups (broad SMARTS) is 1. The number of carboxylic acids is 1. The zero-order chi connectivity index (χ0) is 24.1. The molecule has 33 heavy (non-hydrogen) atoms. The maximum Gasteiger partial charge on any atom is 0.305 e. The van der Waals surface area contributed by atoms with E-state index in [1.807, 2.05) is 0 Å². The van der Waals surface area contributed by atoms with Gasteiger partial charge < -0.3 is 15.5 Å². The number of aliphatic carboxylic acids is 1. The van der Waals surface area contributed by atoms with Crippen LogP contribution in [0, 0.1) is 0 Å². The molecule has 172 valence electrons. The van der Waals surface area contributed by atoms with Crippen LogP contribution in [0.3, 0.4) is 0 Å². The third-order valence-electron chi connectivity index (χ3n) is 4.34.